The summed E-state index contributed by atoms with van der Waals surface area (Å²) in [6.07, 6.45) is -0.660. The van der Waals surface area contributed by atoms with Crippen molar-refractivity contribution in [3.63, 3.8) is 0 Å². The van der Waals surface area contributed by atoms with Gasteiger partial charge in [-0.05, 0) is 55.9 Å². The fraction of sp³-hybridized carbons (Fsp3) is 0.379. The predicted octanol–water partition coefficient (Wildman–Crippen LogP) is 3.89. The van der Waals surface area contributed by atoms with E-state index in [4.69, 9.17) is 21.1 Å². The van der Waals surface area contributed by atoms with Crippen LogP contribution in [0, 0.1) is 0 Å². The molecule has 0 saturated heterocycles. The summed E-state index contributed by atoms with van der Waals surface area (Å²) in [5.41, 5.74) is -0.519. The van der Waals surface area contributed by atoms with Crippen LogP contribution in [-0.2, 0) is 11.2 Å². The second kappa shape index (κ2) is 10.0. The molecule has 0 amide bonds. The van der Waals surface area contributed by atoms with E-state index in [2.05, 4.69) is 10.2 Å². The lowest BCUT2D eigenvalue weighted by molar-refractivity contribution is -0.149. The van der Waals surface area contributed by atoms with E-state index in [0.29, 0.717) is 35.1 Å². The van der Waals surface area contributed by atoms with Crippen molar-refractivity contribution in [3.05, 3.63) is 94.5 Å². The van der Waals surface area contributed by atoms with Crippen LogP contribution in [0.4, 0.5) is 0 Å². The number of ether oxygens (including phenoxy) is 2. The summed E-state index contributed by atoms with van der Waals surface area (Å²) in [6, 6.07) is 22.7. The Kier molecular flexibility index (Phi) is 6.99. The summed E-state index contributed by atoms with van der Waals surface area (Å²) >= 11 is 6.20. The van der Waals surface area contributed by atoms with Crippen molar-refractivity contribution in [2.45, 2.75) is 29.6 Å². The first-order chi connectivity index (χ1) is 17.4. The Bertz CT molecular complexity index is 1190. The van der Waals surface area contributed by atoms with Gasteiger partial charge >= 0.3 is 0 Å². The van der Waals surface area contributed by atoms with Crippen molar-refractivity contribution in [2.24, 2.45) is 0 Å². The first-order valence-corrected chi connectivity index (χ1v) is 12.8. The molecule has 0 aromatic heterocycles. The second-order valence-corrected chi connectivity index (χ2v) is 10.3. The number of hydrogen-bond donors (Lipinski definition) is 3. The topological polar surface area (TPSA) is 74.2 Å². The van der Waals surface area contributed by atoms with E-state index in [1.54, 1.807) is 12.1 Å². The summed E-state index contributed by atoms with van der Waals surface area (Å²) in [4.78, 5) is 2.13. The van der Waals surface area contributed by atoms with Gasteiger partial charge in [0.15, 0.2) is 11.2 Å². The molecule has 190 valence electrons. The number of aliphatic hydroxyl groups is 2. The maximum Gasteiger partial charge on any atom is 0.176 e. The summed E-state index contributed by atoms with van der Waals surface area (Å²) in [7, 11) is 4.09. The zero-order valence-electron chi connectivity index (χ0n) is 20.7. The molecular weight excluding hydrogens is 476 g/mol. The Hall–Kier alpha value is -2.61. The van der Waals surface area contributed by atoms with Crippen molar-refractivity contribution < 1.29 is 19.7 Å². The van der Waals surface area contributed by atoms with Crippen LogP contribution in [0.15, 0.2) is 72.8 Å². The van der Waals surface area contributed by atoms with Gasteiger partial charge in [0, 0.05) is 42.2 Å². The van der Waals surface area contributed by atoms with Gasteiger partial charge in [0.25, 0.3) is 0 Å². The van der Waals surface area contributed by atoms with Crippen LogP contribution in [0.3, 0.4) is 0 Å². The number of rotatable bonds is 9. The molecule has 0 unspecified atom stereocenters. The summed E-state index contributed by atoms with van der Waals surface area (Å²) in [5.74, 6) is 0.895. The van der Waals surface area contributed by atoms with Gasteiger partial charge in [0.1, 0.15) is 18.1 Å². The van der Waals surface area contributed by atoms with Crippen molar-refractivity contribution >= 4 is 11.6 Å². The molecule has 3 aromatic carbocycles. The first kappa shape index (κ1) is 25.1. The fourth-order valence-corrected chi connectivity index (χ4v) is 5.80. The Morgan fingerprint density at radius 1 is 1.06 bits per heavy atom. The smallest absolute Gasteiger partial charge is 0.176 e. The minimum atomic E-state index is -1.64. The monoisotopic (exact) mass is 508 g/mol. The van der Waals surface area contributed by atoms with E-state index in [-0.39, 0.29) is 5.92 Å². The van der Waals surface area contributed by atoms with Gasteiger partial charge < -0.3 is 29.9 Å². The van der Waals surface area contributed by atoms with Crippen LogP contribution in [0.25, 0.3) is 0 Å². The fourth-order valence-electron chi connectivity index (χ4n) is 5.67. The van der Waals surface area contributed by atoms with Crippen molar-refractivity contribution in [3.8, 4) is 11.5 Å². The molecule has 0 spiro atoms. The molecule has 3 aromatic rings. The van der Waals surface area contributed by atoms with Gasteiger partial charge in [-0.15, -0.1) is 0 Å². The Balaban J connectivity index is 1.47. The molecule has 1 fully saturated rings. The number of likely N-dealkylation sites (N-methyl/N-ethyl adjacent to an activating group) is 1. The molecule has 1 aliphatic carbocycles. The van der Waals surface area contributed by atoms with Gasteiger partial charge in [-0.3, -0.25) is 0 Å². The molecule has 1 saturated carbocycles. The maximum absolute atomic E-state index is 12.3. The third-order valence-electron chi connectivity index (χ3n) is 7.39. The number of nitrogens with one attached hydrogen (secondary N) is 1. The van der Waals surface area contributed by atoms with Crippen LogP contribution in [0.1, 0.15) is 29.0 Å². The number of benzene rings is 3. The number of nitrogens with zero attached hydrogens (tertiary/aromatic N) is 1. The molecule has 1 heterocycles. The zero-order valence-corrected chi connectivity index (χ0v) is 21.4. The highest BCUT2D eigenvalue weighted by Gasteiger charge is 2.72. The number of hydrogen-bond acceptors (Lipinski definition) is 6. The van der Waals surface area contributed by atoms with Gasteiger partial charge in [0.05, 0.1) is 6.10 Å². The molecular formula is C29H33ClN2O4. The first-order valence-electron chi connectivity index (χ1n) is 12.4. The minimum Gasteiger partial charge on any atom is -0.492 e. The van der Waals surface area contributed by atoms with Gasteiger partial charge in [-0.25, -0.2) is 0 Å². The van der Waals surface area contributed by atoms with Crippen molar-refractivity contribution in [1.29, 1.82) is 0 Å². The Morgan fingerprint density at radius 3 is 2.53 bits per heavy atom. The average Bonchev–Trinajstić information content (AvgIpc) is 3.27. The molecule has 3 N–H and O–H groups in total. The predicted molar refractivity (Wildman–Crippen MR) is 141 cm³/mol. The molecule has 5 rings (SSSR count). The zero-order chi connectivity index (χ0) is 25.3. The largest absolute Gasteiger partial charge is 0.492 e. The van der Waals surface area contributed by atoms with Gasteiger partial charge in [-0.2, -0.15) is 0 Å². The Morgan fingerprint density at radius 2 is 1.81 bits per heavy atom. The molecule has 0 radical (unpaired) electrons. The summed E-state index contributed by atoms with van der Waals surface area (Å²) in [6.45, 7) is 3.08. The highest BCUT2D eigenvalue weighted by molar-refractivity contribution is 6.30. The van der Waals surface area contributed by atoms with E-state index in [0.717, 1.165) is 30.8 Å². The highest BCUT2D eigenvalue weighted by atomic mass is 35.5. The van der Waals surface area contributed by atoms with Crippen LogP contribution >= 0.6 is 11.6 Å². The number of halogens is 1. The SMILES string of the molecule is CN(C)CCNCCOc1ccc2c(c1)O[C@@]1(c3ccc(Cl)cc3)[C@H](c3ccccc3)C[C@H](O)[C@@]21O. The van der Waals surface area contributed by atoms with Crippen LogP contribution in [0.5, 0.6) is 11.5 Å². The van der Waals surface area contributed by atoms with Gasteiger partial charge in [0.2, 0.25) is 0 Å². The van der Waals surface area contributed by atoms with E-state index in [1.807, 2.05) is 74.8 Å². The normalized spacial score (nSPS) is 26.5. The lowest BCUT2D eigenvalue weighted by atomic mass is 9.71. The molecule has 0 bridgehead atoms. The maximum atomic E-state index is 12.3. The standard InChI is InChI=1S/C29H33ClN2O4/c1-32(2)16-14-31-15-17-35-23-12-13-24-26(18-23)36-29(21-8-10-22(30)11-9-21)25(19-27(33)28(24,29)34)20-6-4-3-5-7-20/h3-13,18,25,27,31,33-34H,14-17,19H2,1-2H3/t25-,27-,28-,29-/m0/s1. The molecule has 6 nitrogen and oxygen atoms in total. The Labute approximate surface area is 217 Å². The highest BCUT2D eigenvalue weighted by Crippen LogP contribution is 2.66. The molecule has 4 atom stereocenters. The van der Waals surface area contributed by atoms with Crippen molar-refractivity contribution in [1.82, 2.24) is 10.2 Å². The lowest BCUT2D eigenvalue weighted by Gasteiger charge is -2.40. The number of fused-ring (bicyclic) bond motifs is 3. The summed E-state index contributed by atoms with van der Waals surface area (Å²) < 4.78 is 12.7. The van der Waals surface area contributed by atoms with Crippen LogP contribution in [-0.4, -0.2) is 61.6 Å². The quantitative estimate of drug-likeness (QED) is 0.381. The third kappa shape index (κ3) is 4.17. The third-order valence-corrected chi connectivity index (χ3v) is 7.64. The van der Waals surface area contributed by atoms with E-state index in [1.165, 1.54) is 0 Å². The molecule has 36 heavy (non-hydrogen) atoms. The molecule has 1 aliphatic heterocycles. The van der Waals surface area contributed by atoms with Crippen LogP contribution < -0.4 is 14.8 Å². The number of aliphatic hydroxyl groups excluding tert-OH is 1. The minimum absolute atomic E-state index is 0.280. The van der Waals surface area contributed by atoms with E-state index >= 15 is 0 Å². The van der Waals surface area contributed by atoms with Crippen LogP contribution in [0.2, 0.25) is 5.02 Å². The average molecular weight is 509 g/mol. The van der Waals surface area contributed by atoms with Crippen molar-refractivity contribution in [2.75, 3.05) is 40.3 Å². The van der Waals surface area contributed by atoms with E-state index < -0.39 is 17.3 Å². The molecule has 7 heteroatoms. The second-order valence-electron chi connectivity index (χ2n) is 9.89. The van der Waals surface area contributed by atoms with E-state index in [9.17, 15) is 10.2 Å². The summed E-state index contributed by atoms with van der Waals surface area (Å²) in [5, 5.41) is 27.6. The van der Waals surface area contributed by atoms with Gasteiger partial charge in [-0.1, -0.05) is 54.1 Å². The lowest BCUT2D eigenvalue weighted by Crippen LogP contribution is -2.51. The molecule has 2 aliphatic rings.